The Balaban J connectivity index is 1.44. The molecule has 2 aliphatic heterocycles. The van der Waals surface area contributed by atoms with Gasteiger partial charge in [-0.05, 0) is 60.9 Å². The minimum atomic E-state index is -3.62. The zero-order valence-electron chi connectivity index (χ0n) is 18.3. The second-order valence-corrected chi connectivity index (χ2v) is 11.0. The fourth-order valence-corrected chi connectivity index (χ4v) is 6.94. The molecule has 0 aliphatic carbocycles. The van der Waals surface area contributed by atoms with Gasteiger partial charge in [0.15, 0.2) is 0 Å². The molecule has 2 aliphatic rings. The monoisotopic (exact) mass is 449 g/mol. The summed E-state index contributed by atoms with van der Waals surface area (Å²) < 4.78 is 36.7. The molecule has 166 valence electrons. The third kappa shape index (κ3) is 2.88. The zero-order valence-corrected chi connectivity index (χ0v) is 19.2. The average Bonchev–Trinajstić information content (AvgIpc) is 3.47. The largest absolute Gasteiger partial charge is 0.383 e. The summed E-state index contributed by atoms with van der Waals surface area (Å²) in [6.07, 6.45) is 5.29. The summed E-state index contributed by atoms with van der Waals surface area (Å²) >= 11 is 0. The van der Waals surface area contributed by atoms with E-state index in [0.717, 1.165) is 41.2 Å². The lowest BCUT2D eigenvalue weighted by Gasteiger charge is -2.23. The van der Waals surface area contributed by atoms with Crippen molar-refractivity contribution < 1.29 is 13.2 Å². The molecule has 1 fully saturated rings. The highest BCUT2D eigenvalue weighted by Crippen LogP contribution is 2.42. The summed E-state index contributed by atoms with van der Waals surface area (Å²) in [4.78, 5) is 0.689. The minimum Gasteiger partial charge on any atom is -0.383 e. The summed E-state index contributed by atoms with van der Waals surface area (Å²) in [5.41, 5.74) is 4.75. The quantitative estimate of drug-likeness (QED) is 0.501. The predicted octanol–water partition coefficient (Wildman–Crippen LogP) is 3.96. The summed E-state index contributed by atoms with van der Waals surface area (Å²) in [7, 11) is 0.154. The molecule has 0 radical (unpaired) electrons. The maximum Gasteiger partial charge on any atom is 0.206 e. The molecule has 1 N–H and O–H groups in total. The van der Waals surface area contributed by atoms with Crippen molar-refractivity contribution in [2.75, 3.05) is 13.7 Å². The average molecular weight is 450 g/mol. The first-order valence-corrected chi connectivity index (χ1v) is 12.7. The highest BCUT2D eigenvalue weighted by molar-refractivity contribution is 7.91. The van der Waals surface area contributed by atoms with Crippen LogP contribution in [0.15, 0.2) is 58.5 Å². The number of ether oxygens (including phenoxy) is 1. The number of aryl methyl sites for hydroxylation is 1. The number of aromatic nitrogens is 2. The van der Waals surface area contributed by atoms with Gasteiger partial charge in [0.25, 0.3) is 0 Å². The number of hydrogen-bond donors (Lipinski definition) is 1. The fraction of sp³-hybridized carbons (Fsp3) is 0.360. The molecule has 2 aromatic carbocycles. The third-order valence-electron chi connectivity index (χ3n) is 7.26. The predicted molar refractivity (Wildman–Crippen MR) is 125 cm³/mol. The number of methoxy groups -OCH3 is 1. The molecule has 6 nitrogen and oxygen atoms in total. The molecule has 4 heterocycles. The summed E-state index contributed by atoms with van der Waals surface area (Å²) in [5, 5.41) is 5.69. The number of sulfone groups is 1. The number of fused-ring (bicyclic) bond motifs is 7. The molecule has 4 aromatic rings. The summed E-state index contributed by atoms with van der Waals surface area (Å²) in [6, 6.07) is 13.8. The van der Waals surface area contributed by atoms with Crippen molar-refractivity contribution in [2.24, 2.45) is 7.05 Å². The van der Waals surface area contributed by atoms with E-state index >= 15 is 0 Å². The van der Waals surface area contributed by atoms with E-state index in [2.05, 4.69) is 21.5 Å². The van der Waals surface area contributed by atoms with Crippen LogP contribution in [0, 0.1) is 0 Å². The lowest BCUT2D eigenvalue weighted by Crippen LogP contribution is -2.32. The highest BCUT2D eigenvalue weighted by Gasteiger charge is 2.36. The van der Waals surface area contributed by atoms with Gasteiger partial charge in [-0.15, -0.1) is 0 Å². The van der Waals surface area contributed by atoms with Crippen LogP contribution in [0.2, 0.25) is 0 Å². The van der Waals surface area contributed by atoms with E-state index in [1.54, 1.807) is 25.3 Å². The van der Waals surface area contributed by atoms with Gasteiger partial charge in [0.1, 0.15) is 0 Å². The van der Waals surface area contributed by atoms with Crippen LogP contribution in [0.4, 0.5) is 0 Å². The van der Waals surface area contributed by atoms with E-state index in [4.69, 9.17) is 4.74 Å². The van der Waals surface area contributed by atoms with Crippen molar-refractivity contribution in [3.05, 3.63) is 59.9 Å². The van der Waals surface area contributed by atoms with Crippen LogP contribution in [0.5, 0.6) is 0 Å². The van der Waals surface area contributed by atoms with Crippen LogP contribution in [0.25, 0.3) is 21.8 Å². The van der Waals surface area contributed by atoms with Gasteiger partial charge in [-0.3, -0.25) is 0 Å². The summed E-state index contributed by atoms with van der Waals surface area (Å²) in [6.45, 7) is 1.35. The molecule has 0 amide bonds. The second kappa shape index (κ2) is 7.20. The van der Waals surface area contributed by atoms with Gasteiger partial charge in [-0.25, -0.2) is 8.42 Å². The molecular formula is C25H27N3O3S. The van der Waals surface area contributed by atoms with Crippen molar-refractivity contribution in [3.63, 3.8) is 0 Å². The Bertz CT molecular complexity index is 1460. The first-order valence-electron chi connectivity index (χ1n) is 11.2. The van der Waals surface area contributed by atoms with Crippen LogP contribution in [0.1, 0.15) is 30.1 Å². The summed E-state index contributed by atoms with van der Waals surface area (Å²) in [5.74, 6) is 0. The Morgan fingerprint density at radius 1 is 1.06 bits per heavy atom. The SMILES string of the molecule is COCCn1ccc2cc(S(=O)(=O)c3ccc4c(c3)c3c(n4C)CC4CCC3N4)ccc21. The standard InChI is InChI=1S/C25H27N3O3S/c1-27-23-8-5-19(15-20(23)25-21-6-3-17(26-21)14-24(25)27)32(29,30)18-4-7-22-16(13-18)9-10-28(22)11-12-31-2/h4-5,7-10,13,15,17,21,26H,3,6,11-12,14H2,1-2H3. The van der Waals surface area contributed by atoms with Crippen molar-refractivity contribution in [1.29, 1.82) is 0 Å². The minimum absolute atomic E-state index is 0.327. The van der Waals surface area contributed by atoms with Crippen molar-refractivity contribution in [3.8, 4) is 0 Å². The van der Waals surface area contributed by atoms with E-state index < -0.39 is 9.84 Å². The van der Waals surface area contributed by atoms with E-state index in [9.17, 15) is 8.42 Å². The molecule has 0 spiro atoms. The maximum atomic E-state index is 13.6. The van der Waals surface area contributed by atoms with Crippen LogP contribution >= 0.6 is 0 Å². The molecule has 32 heavy (non-hydrogen) atoms. The van der Waals surface area contributed by atoms with E-state index in [-0.39, 0.29) is 0 Å². The normalized spacial score (nSPS) is 20.3. The smallest absolute Gasteiger partial charge is 0.206 e. The van der Waals surface area contributed by atoms with Crippen LogP contribution < -0.4 is 5.32 Å². The molecule has 6 rings (SSSR count). The topological polar surface area (TPSA) is 65.3 Å². The van der Waals surface area contributed by atoms with Gasteiger partial charge < -0.3 is 19.2 Å². The van der Waals surface area contributed by atoms with Crippen LogP contribution in [-0.4, -0.2) is 37.3 Å². The number of nitrogens with zero attached hydrogens (tertiary/aromatic N) is 2. The van der Waals surface area contributed by atoms with Crippen LogP contribution in [0.3, 0.4) is 0 Å². The van der Waals surface area contributed by atoms with Crippen molar-refractivity contribution in [1.82, 2.24) is 14.5 Å². The number of nitrogens with one attached hydrogen (secondary N) is 1. The Kier molecular flexibility index (Phi) is 4.51. The number of benzene rings is 2. The van der Waals surface area contributed by atoms with E-state index in [0.29, 0.717) is 28.5 Å². The molecule has 1 saturated heterocycles. The third-order valence-corrected chi connectivity index (χ3v) is 9.01. The Morgan fingerprint density at radius 3 is 2.66 bits per heavy atom. The maximum absolute atomic E-state index is 13.6. The van der Waals surface area contributed by atoms with E-state index in [1.165, 1.54) is 17.7 Å². The van der Waals surface area contributed by atoms with Gasteiger partial charge in [-0.2, -0.15) is 0 Å². The molecule has 2 aromatic heterocycles. The highest BCUT2D eigenvalue weighted by atomic mass is 32.2. The second-order valence-electron chi connectivity index (χ2n) is 9.02. The lowest BCUT2D eigenvalue weighted by molar-refractivity contribution is 0.188. The first kappa shape index (κ1) is 20.0. The Labute approximate surface area is 187 Å². The van der Waals surface area contributed by atoms with Gasteiger partial charge in [0.2, 0.25) is 9.84 Å². The molecule has 0 saturated carbocycles. The Hall–Kier alpha value is -2.61. The van der Waals surface area contributed by atoms with Gasteiger partial charge in [0.05, 0.1) is 16.4 Å². The lowest BCUT2D eigenvalue weighted by atomic mass is 9.99. The van der Waals surface area contributed by atoms with Crippen molar-refractivity contribution in [2.45, 2.75) is 47.7 Å². The number of hydrogen-bond acceptors (Lipinski definition) is 4. The fourth-order valence-electron chi connectivity index (χ4n) is 5.61. The van der Waals surface area contributed by atoms with Crippen LogP contribution in [-0.2, 0) is 34.6 Å². The van der Waals surface area contributed by atoms with Gasteiger partial charge in [-0.1, -0.05) is 0 Å². The number of rotatable bonds is 5. The molecular weight excluding hydrogens is 422 g/mol. The first-order chi connectivity index (χ1) is 15.5. The van der Waals surface area contributed by atoms with Crippen molar-refractivity contribution >= 4 is 31.6 Å². The Morgan fingerprint density at radius 2 is 1.84 bits per heavy atom. The van der Waals surface area contributed by atoms with E-state index in [1.807, 2.05) is 30.5 Å². The molecule has 7 heteroatoms. The molecule has 2 bridgehead atoms. The van der Waals surface area contributed by atoms with Gasteiger partial charge >= 0.3 is 0 Å². The van der Waals surface area contributed by atoms with Gasteiger partial charge in [0, 0.05) is 72.9 Å². The zero-order chi connectivity index (χ0) is 22.0. The molecule has 2 atom stereocenters. The molecule has 2 unspecified atom stereocenters.